The lowest BCUT2D eigenvalue weighted by Gasteiger charge is -2.15. The van der Waals surface area contributed by atoms with Gasteiger partial charge >= 0.3 is 18.0 Å². The Labute approximate surface area is 406 Å². The molecule has 6 aromatic rings. The molecule has 2 N–H and O–H groups in total. The van der Waals surface area contributed by atoms with E-state index in [2.05, 4.69) is 10.6 Å². The van der Waals surface area contributed by atoms with E-state index in [4.69, 9.17) is 33.2 Å². The molecule has 362 valence electrons. The number of carbonyl (C=O) groups excluding carboxylic acids is 6. The molecule has 18 heteroatoms. The topological polar surface area (TPSA) is 194 Å². The number of carbonyl (C=O) groups is 6. The Morgan fingerprint density at radius 3 is 1.84 bits per heavy atom. The molecule has 2 heterocycles. The molecule has 0 radical (unpaired) electrons. The molecular formula is C51H53N3O13S2. The number of hydrogen-bond donors (Lipinski definition) is 2. The number of fused-ring (bicyclic) bond motifs is 5. The Morgan fingerprint density at radius 2 is 1.20 bits per heavy atom. The number of esters is 2. The average Bonchev–Trinajstić information content (AvgIpc) is 4.06. The highest BCUT2D eigenvalue weighted by Crippen LogP contribution is 2.45. The van der Waals surface area contributed by atoms with E-state index in [0.29, 0.717) is 49.3 Å². The standard InChI is InChI=1S/C51H53N3O13S2/c1-5-62-48(57)17-16-38(55)45-24-31-23-41(65-21-11-20-64-40-22-32-25-46(69-43(32)26-39(40)61-4)50(59)54(3)19-18-49(58)63-6-2)42(27-44(31)68-45)67-30-53-47(56)28-52-51(60)66-29-37-35-14-9-7-12-33(35)34-13-8-10-15-36(34)37/h7-10,12-15,22-27,37H,5-6,11,16-21,28-30H2,1-4H3,(H,52,60)(H,53,56). The maximum Gasteiger partial charge on any atom is 0.407 e. The van der Waals surface area contributed by atoms with Crippen LogP contribution in [0, 0.1) is 0 Å². The van der Waals surface area contributed by atoms with Crippen molar-refractivity contribution >= 4 is 78.5 Å². The molecule has 0 unspecified atom stereocenters. The van der Waals surface area contributed by atoms with Crippen LogP contribution in [0.1, 0.15) is 75.9 Å². The van der Waals surface area contributed by atoms with Crippen LogP contribution in [0.3, 0.4) is 0 Å². The van der Waals surface area contributed by atoms with Gasteiger partial charge in [-0.25, -0.2) is 4.79 Å². The average molecular weight is 980 g/mol. The van der Waals surface area contributed by atoms with Crippen molar-refractivity contribution in [3.8, 4) is 34.1 Å². The minimum Gasteiger partial charge on any atom is -0.493 e. The molecule has 7 rings (SSSR count). The third-order valence-corrected chi connectivity index (χ3v) is 13.3. The Morgan fingerprint density at radius 1 is 0.638 bits per heavy atom. The van der Waals surface area contributed by atoms with Crippen LogP contribution in [0.5, 0.6) is 23.0 Å². The number of alkyl carbamates (subject to hydrolysis) is 1. The number of rotatable bonds is 24. The summed E-state index contributed by atoms with van der Waals surface area (Å²) in [6.45, 7) is 4.07. The van der Waals surface area contributed by atoms with Gasteiger partial charge in [0.2, 0.25) is 5.91 Å². The van der Waals surface area contributed by atoms with E-state index in [1.807, 2.05) is 60.7 Å². The fraction of sp³-hybridized carbons (Fsp3) is 0.333. The van der Waals surface area contributed by atoms with E-state index in [-0.39, 0.29) is 95.7 Å². The minimum absolute atomic E-state index is 0.00616. The van der Waals surface area contributed by atoms with Crippen molar-refractivity contribution < 1.29 is 61.9 Å². The molecule has 0 bridgehead atoms. The maximum absolute atomic E-state index is 13.2. The number of thiophene rings is 2. The van der Waals surface area contributed by atoms with Crippen molar-refractivity contribution in [2.75, 3.05) is 67.0 Å². The van der Waals surface area contributed by atoms with Gasteiger partial charge in [0.15, 0.2) is 35.5 Å². The molecule has 0 aliphatic heterocycles. The molecule has 2 aromatic heterocycles. The monoisotopic (exact) mass is 979 g/mol. The van der Waals surface area contributed by atoms with E-state index in [9.17, 15) is 28.8 Å². The number of nitrogens with zero attached hydrogens (tertiary/aromatic N) is 1. The molecule has 3 amide bonds. The number of Topliss-reactive ketones (excluding diaryl/α,β-unsaturated/α-hetero) is 1. The first-order chi connectivity index (χ1) is 33.5. The molecule has 0 spiro atoms. The van der Waals surface area contributed by atoms with Gasteiger partial charge in [0.25, 0.3) is 5.91 Å². The number of nitrogens with one attached hydrogen (secondary N) is 2. The van der Waals surface area contributed by atoms with Crippen molar-refractivity contribution in [2.45, 2.75) is 45.4 Å². The van der Waals surface area contributed by atoms with Crippen molar-refractivity contribution in [2.24, 2.45) is 0 Å². The number of hydrogen-bond acceptors (Lipinski definition) is 15. The lowest BCUT2D eigenvalue weighted by Crippen LogP contribution is -2.39. The Hall–Kier alpha value is -7.18. The fourth-order valence-corrected chi connectivity index (χ4v) is 9.78. The summed E-state index contributed by atoms with van der Waals surface area (Å²) in [5.74, 6) is -0.281. The highest BCUT2D eigenvalue weighted by molar-refractivity contribution is 7.21. The molecular weight excluding hydrogens is 927 g/mol. The van der Waals surface area contributed by atoms with Gasteiger partial charge in [0.05, 0.1) is 56.1 Å². The van der Waals surface area contributed by atoms with Crippen molar-refractivity contribution in [1.29, 1.82) is 0 Å². The second-order valence-electron chi connectivity index (χ2n) is 15.7. The summed E-state index contributed by atoms with van der Waals surface area (Å²) >= 11 is 2.55. The first-order valence-corrected chi connectivity index (χ1v) is 24.1. The predicted molar refractivity (Wildman–Crippen MR) is 261 cm³/mol. The van der Waals surface area contributed by atoms with Crippen LogP contribution in [-0.4, -0.2) is 108 Å². The van der Waals surface area contributed by atoms with Crippen molar-refractivity contribution in [3.63, 3.8) is 0 Å². The zero-order chi connectivity index (χ0) is 48.9. The molecule has 1 aliphatic rings. The van der Waals surface area contributed by atoms with Crippen LogP contribution in [0.25, 0.3) is 31.3 Å². The molecule has 0 fully saturated rings. The lowest BCUT2D eigenvalue weighted by molar-refractivity contribution is -0.144. The van der Waals surface area contributed by atoms with Gasteiger partial charge in [-0.3, -0.25) is 24.0 Å². The van der Waals surface area contributed by atoms with Gasteiger partial charge in [0, 0.05) is 53.9 Å². The number of methoxy groups -OCH3 is 1. The van der Waals surface area contributed by atoms with Crippen LogP contribution in [0.15, 0.2) is 84.9 Å². The first-order valence-electron chi connectivity index (χ1n) is 22.5. The predicted octanol–water partition coefficient (Wildman–Crippen LogP) is 8.51. The molecule has 0 atom stereocenters. The van der Waals surface area contributed by atoms with Gasteiger partial charge in [-0.2, -0.15) is 0 Å². The first kappa shape index (κ1) is 49.7. The zero-order valence-corrected chi connectivity index (χ0v) is 40.3. The normalized spacial score (nSPS) is 11.6. The van der Waals surface area contributed by atoms with Gasteiger partial charge in [-0.1, -0.05) is 48.5 Å². The fourth-order valence-electron chi connectivity index (χ4n) is 7.67. The largest absolute Gasteiger partial charge is 0.493 e. The van der Waals surface area contributed by atoms with Crippen LogP contribution in [0.2, 0.25) is 0 Å². The second-order valence-corrected chi connectivity index (χ2v) is 17.9. The quantitative estimate of drug-likeness (QED) is 0.0193. The van der Waals surface area contributed by atoms with E-state index in [1.54, 1.807) is 45.2 Å². The highest BCUT2D eigenvalue weighted by Gasteiger charge is 2.29. The summed E-state index contributed by atoms with van der Waals surface area (Å²) in [6, 6.07) is 26.6. The molecule has 1 aliphatic carbocycles. The van der Waals surface area contributed by atoms with Gasteiger partial charge in [0.1, 0.15) is 13.2 Å². The van der Waals surface area contributed by atoms with Crippen LogP contribution >= 0.6 is 22.7 Å². The summed E-state index contributed by atoms with van der Waals surface area (Å²) in [5.41, 5.74) is 4.36. The van der Waals surface area contributed by atoms with E-state index < -0.39 is 18.0 Å². The Kier molecular flexibility index (Phi) is 17.1. The van der Waals surface area contributed by atoms with Crippen molar-refractivity contribution in [1.82, 2.24) is 15.5 Å². The van der Waals surface area contributed by atoms with E-state index >= 15 is 0 Å². The van der Waals surface area contributed by atoms with Crippen molar-refractivity contribution in [3.05, 3.63) is 106 Å². The summed E-state index contributed by atoms with van der Waals surface area (Å²) in [4.78, 5) is 77.9. The third-order valence-electron chi connectivity index (χ3n) is 11.1. The van der Waals surface area contributed by atoms with Crippen LogP contribution in [-0.2, 0) is 28.6 Å². The van der Waals surface area contributed by atoms with Gasteiger partial charge in [-0.05, 0) is 71.1 Å². The number of ether oxygens (including phenoxy) is 7. The molecule has 4 aromatic carbocycles. The SMILES string of the molecule is CCOC(=O)CCC(=O)c1cc2cc(OCCCOc3cc4cc(C(=O)N(C)CCC(=O)OCC)sc4cc3OC)c(OCNC(=O)CNC(=O)OCC3c4ccccc4-c4ccccc43)cc2s1. The van der Waals surface area contributed by atoms with Gasteiger partial charge in [-0.15, -0.1) is 22.7 Å². The summed E-state index contributed by atoms with van der Waals surface area (Å²) in [7, 11) is 3.17. The maximum atomic E-state index is 13.2. The number of amides is 3. The molecule has 69 heavy (non-hydrogen) atoms. The minimum atomic E-state index is -0.733. The van der Waals surface area contributed by atoms with Crippen LogP contribution in [0.4, 0.5) is 4.79 Å². The Bertz CT molecular complexity index is 2790. The van der Waals surface area contributed by atoms with E-state index in [0.717, 1.165) is 32.3 Å². The highest BCUT2D eigenvalue weighted by atomic mass is 32.1. The summed E-state index contributed by atoms with van der Waals surface area (Å²) in [5, 5.41) is 6.65. The summed E-state index contributed by atoms with van der Waals surface area (Å²) < 4.78 is 41.0. The third kappa shape index (κ3) is 12.7. The lowest BCUT2D eigenvalue weighted by atomic mass is 9.98. The summed E-state index contributed by atoms with van der Waals surface area (Å²) in [6.07, 6.45) is -0.249. The van der Waals surface area contributed by atoms with Crippen LogP contribution < -0.4 is 29.6 Å². The Balaban J connectivity index is 0.940. The molecule has 16 nitrogen and oxygen atoms in total. The zero-order valence-electron chi connectivity index (χ0n) is 38.7. The molecule has 0 saturated carbocycles. The van der Waals surface area contributed by atoms with E-state index in [1.165, 1.54) is 34.7 Å². The second kappa shape index (κ2) is 23.7. The van der Waals surface area contributed by atoms with Gasteiger partial charge < -0.3 is 48.7 Å². The number of ketones is 1. The smallest absolute Gasteiger partial charge is 0.407 e. The number of benzene rings is 4. The molecule has 0 saturated heterocycles.